The predicted molar refractivity (Wildman–Crippen MR) is 156 cm³/mol. The molecule has 1 N–H and O–H groups in total. The number of nitrogens with zero attached hydrogens (tertiary/aromatic N) is 2. The molecular weight excluding hydrogens is 603 g/mol. The number of carbonyl (C=O) groups excluding carboxylic acids is 2. The SMILES string of the molecule is CCN(C(=O)[C@@H]1N[C@@H](CC(C)(C)C(=O)OC)[C@](C#N)(c2ccc(Cl)cc2F)[C@H]1c1cccc(Cl)c1F)C1COC(C)(C)O1. The van der Waals surface area contributed by atoms with Gasteiger partial charge in [-0.25, -0.2) is 8.78 Å². The fourth-order valence-electron chi connectivity index (χ4n) is 6.30. The monoisotopic (exact) mass is 637 g/mol. The molecule has 0 spiro atoms. The van der Waals surface area contributed by atoms with E-state index in [-0.39, 0.29) is 40.7 Å². The van der Waals surface area contributed by atoms with Gasteiger partial charge < -0.3 is 24.4 Å². The van der Waals surface area contributed by atoms with E-state index >= 15 is 8.78 Å². The molecular formula is C31H35Cl2F2N3O5. The van der Waals surface area contributed by atoms with Crippen LogP contribution in [0.5, 0.6) is 0 Å². The normalized spacial score (nSPS) is 26.6. The highest BCUT2D eigenvalue weighted by atomic mass is 35.5. The van der Waals surface area contributed by atoms with Crippen molar-refractivity contribution >= 4 is 35.1 Å². The number of amides is 1. The number of nitriles is 1. The van der Waals surface area contributed by atoms with Gasteiger partial charge in [0, 0.05) is 29.1 Å². The van der Waals surface area contributed by atoms with Crippen LogP contribution in [0, 0.1) is 28.4 Å². The lowest BCUT2D eigenvalue weighted by molar-refractivity contribution is -0.169. The van der Waals surface area contributed by atoms with Crippen molar-refractivity contribution in [1.82, 2.24) is 10.2 Å². The van der Waals surface area contributed by atoms with Gasteiger partial charge in [0.25, 0.3) is 0 Å². The number of hydrogen-bond acceptors (Lipinski definition) is 7. The maximum absolute atomic E-state index is 16.0. The molecule has 0 radical (unpaired) electrons. The fraction of sp³-hybridized carbons (Fsp3) is 0.516. The van der Waals surface area contributed by atoms with E-state index in [0.717, 1.165) is 6.07 Å². The van der Waals surface area contributed by atoms with E-state index in [9.17, 15) is 14.9 Å². The first-order valence-electron chi connectivity index (χ1n) is 13.9. The molecule has 43 heavy (non-hydrogen) atoms. The third-order valence-electron chi connectivity index (χ3n) is 8.32. The van der Waals surface area contributed by atoms with Crippen molar-refractivity contribution in [3.05, 3.63) is 69.2 Å². The molecule has 2 saturated heterocycles. The minimum atomic E-state index is -1.92. The van der Waals surface area contributed by atoms with Gasteiger partial charge in [-0.15, -0.1) is 0 Å². The van der Waals surface area contributed by atoms with Crippen LogP contribution in [0.4, 0.5) is 8.78 Å². The standard InChI is InChI=1S/C31H35Cl2F2N3O5/c1-7-38(23-15-42-30(4,5)43-23)27(39)26-24(18-9-8-10-20(33)25(18)35)31(16-36,19-12-11-17(32)13-21(19)34)22(37-26)14-29(2,3)28(40)41-6/h8-13,22-24,26,37H,7,14-15H2,1-6H3/t22-,23?,24-,26+,31-/m0/s1. The van der Waals surface area contributed by atoms with Crippen LogP contribution in [0.25, 0.3) is 0 Å². The maximum Gasteiger partial charge on any atom is 0.311 e. The van der Waals surface area contributed by atoms with E-state index in [4.69, 9.17) is 37.4 Å². The van der Waals surface area contributed by atoms with E-state index in [1.54, 1.807) is 34.6 Å². The number of hydrogen-bond donors (Lipinski definition) is 1. The number of carbonyl (C=O) groups is 2. The Bertz CT molecular complexity index is 1450. The molecule has 232 valence electrons. The molecule has 2 aromatic carbocycles. The molecule has 1 unspecified atom stereocenters. The van der Waals surface area contributed by atoms with E-state index in [2.05, 4.69) is 11.4 Å². The molecule has 4 rings (SSSR count). The van der Waals surface area contributed by atoms with Crippen molar-refractivity contribution < 1.29 is 32.6 Å². The first kappa shape index (κ1) is 33.1. The minimum Gasteiger partial charge on any atom is -0.469 e. The smallest absolute Gasteiger partial charge is 0.311 e. The summed E-state index contributed by atoms with van der Waals surface area (Å²) < 4.78 is 48.6. The summed E-state index contributed by atoms with van der Waals surface area (Å²) in [6, 6.07) is 8.07. The quantitative estimate of drug-likeness (QED) is 0.370. The summed E-state index contributed by atoms with van der Waals surface area (Å²) in [5.41, 5.74) is -3.28. The Kier molecular flexibility index (Phi) is 9.46. The highest BCUT2D eigenvalue weighted by molar-refractivity contribution is 6.31. The number of nitrogens with one attached hydrogen (secondary N) is 1. The van der Waals surface area contributed by atoms with Gasteiger partial charge in [-0.05, 0) is 64.8 Å². The topological polar surface area (TPSA) is 101 Å². The highest BCUT2D eigenvalue weighted by Crippen LogP contribution is 2.53. The molecule has 0 aromatic heterocycles. The van der Waals surface area contributed by atoms with Crippen LogP contribution in [-0.4, -0.2) is 61.1 Å². The summed E-state index contributed by atoms with van der Waals surface area (Å²) in [5.74, 6) is -5.02. The number of methoxy groups -OCH3 is 1. The van der Waals surface area contributed by atoms with Gasteiger partial charge >= 0.3 is 5.97 Å². The van der Waals surface area contributed by atoms with Crippen LogP contribution in [0.15, 0.2) is 36.4 Å². The lowest BCUT2D eigenvalue weighted by Crippen LogP contribution is -2.52. The summed E-state index contributed by atoms with van der Waals surface area (Å²) in [4.78, 5) is 28.7. The Morgan fingerprint density at radius 3 is 2.49 bits per heavy atom. The van der Waals surface area contributed by atoms with Crippen molar-refractivity contribution in [3.8, 4) is 6.07 Å². The van der Waals surface area contributed by atoms with Gasteiger partial charge in [-0.2, -0.15) is 5.26 Å². The molecule has 8 nitrogen and oxygen atoms in total. The largest absolute Gasteiger partial charge is 0.469 e. The lowest BCUT2D eigenvalue weighted by Gasteiger charge is -2.38. The summed E-state index contributed by atoms with van der Waals surface area (Å²) in [6.45, 7) is 8.72. The average molecular weight is 639 g/mol. The molecule has 2 aliphatic heterocycles. The van der Waals surface area contributed by atoms with Gasteiger partial charge in [0.1, 0.15) is 17.0 Å². The highest BCUT2D eigenvalue weighted by Gasteiger charge is 2.62. The van der Waals surface area contributed by atoms with E-state index in [1.165, 1.54) is 42.3 Å². The number of benzene rings is 2. The second-order valence-corrected chi connectivity index (χ2v) is 12.8. The molecule has 2 aliphatic rings. The van der Waals surface area contributed by atoms with Crippen LogP contribution in [0.1, 0.15) is 58.1 Å². The zero-order valence-corrected chi connectivity index (χ0v) is 26.4. The van der Waals surface area contributed by atoms with Crippen LogP contribution in [0.3, 0.4) is 0 Å². The van der Waals surface area contributed by atoms with E-state index in [0.29, 0.717) is 0 Å². The molecule has 0 aliphatic carbocycles. The van der Waals surface area contributed by atoms with Gasteiger partial charge in [0.2, 0.25) is 5.91 Å². The first-order chi connectivity index (χ1) is 20.1. The number of ether oxygens (including phenoxy) is 3. The first-order valence-corrected chi connectivity index (χ1v) is 14.7. The van der Waals surface area contributed by atoms with Crippen LogP contribution >= 0.6 is 23.2 Å². The Labute approximate surface area is 260 Å². The summed E-state index contributed by atoms with van der Waals surface area (Å²) in [6.07, 6.45) is -0.839. The zero-order valence-electron chi connectivity index (χ0n) is 24.8. The van der Waals surface area contributed by atoms with Crippen LogP contribution < -0.4 is 5.32 Å². The summed E-state index contributed by atoms with van der Waals surface area (Å²) in [7, 11) is 1.24. The molecule has 2 heterocycles. The Morgan fingerprint density at radius 1 is 1.23 bits per heavy atom. The average Bonchev–Trinajstić information content (AvgIpc) is 3.46. The molecule has 2 fully saturated rings. The summed E-state index contributed by atoms with van der Waals surface area (Å²) >= 11 is 12.3. The van der Waals surface area contributed by atoms with E-state index < -0.39 is 64.4 Å². The second kappa shape index (κ2) is 12.3. The number of likely N-dealkylation sites (N-methyl/N-ethyl adjacent to an activating group) is 1. The van der Waals surface area contributed by atoms with E-state index in [1.807, 2.05) is 0 Å². The van der Waals surface area contributed by atoms with Gasteiger partial charge in [-0.1, -0.05) is 41.4 Å². The van der Waals surface area contributed by atoms with Crippen molar-refractivity contribution in [2.24, 2.45) is 5.41 Å². The predicted octanol–water partition coefficient (Wildman–Crippen LogP) is 5.70. The Hall–Kier alpha value is -2.81. The van der Waals surface area contributed by atoms with Crippen molar-refractivity contribution in [3.63, 3.8) is 0 Å². The van der Waals surface area contributed by atoms with Crippen molar-refractivity contribution in [1.29, 1.82) is 5.26 Å². The summed E-state index contributed by atoms with van der Waals surface area (Å²) in [5, 5.41) is 14.2. The van der Waals surface area contributed by atoms with Gasteiger partial charge in [0.05, 0.1) is 36.3 Å². The second-order valence-electron chi connectivity index (χ2n) is 11.9. The van der Waals surface area contributed by atoms with Crippen LogP contribution in [0.2, 0.25) is 10.0 Å². The molecule has 2 aromatic rings. The lowest BCUT2D eigenvalue weighted by atomic mass is 9.62. The minimum absolute atomic E-state index is 0.0624. The number of halogens is 4. The van der Waals surface area contributed by atoms with Gasteiger partial charge in [-0.3, -0.25) is 9.59 Å². The fourth-order valence-corrected chi connectivity index (χ4v) is 6.64. The maximum atomic E-state index is 16.0. The third-order valence-corrected chi connectivity index (χ3v) is 8.84. The molecule has 0 bridgehead atoms. The number of rotatable bonds is 8. The number of esters is 1. The Morgan fingerprint density at radius 2 is 1.93 bits per heavy atom. The van der Waals surface area contributed by atoms with Crippen molar-refractivity contribution in [2.75, 3.05) is 20.3 Å². The molecule has 1 amide bonds. The van der Waals surface area contributed by atoms with Gasteiger partial charge in [0.15, 0.2) is 12.0 Å². The third kappa shape index (κ3) is 5.98. The molecule has 5 atom stereocenters. The Balaban J connectivity index is 1.99. The molecule has 0 saturated carbocycles. The van der Waals surface area contributed by atoms with Crippen molar-refractivity contribution in [2.45, 2.75) is 76.5 Å². The zero-order chi connectivity index (χ0) is 31.9. The molecule has 12 heteroatoms. The van der Waals surface area contributed by atoms with Crippen LogP contribution in [-0.2, 0) is 29.2 Å².